The maximum atomic E-state index is 12.0. The molecule has 1 heterocycles. The maximum Gasteiger partial charge on any atom is 0.410 e. The van der Waals surface area contributed by atoms with Gasteiger partial charge in [-0.1, -0.05) is 26.7 Å². The zero-order chi connectivity index (χ0) is 14.6. The molecule has 4 nitrogen and oxygen atoms in total. The number of aliphatic hydroxyl groups is 1. The van der Waals surface area contributed by atoms with Crippen molar-refractivity contribution in [1.82, 2.24) is 4.90 Å². The molecule has 0 bridgehead atoms. The van der Waals surface area contributed by atoms with Crippen LogP contribution >= 0.6 is 0 Å². The minimum Gasteiger partial charge on any atom is -0.444 e. The Bertz CT molecular complexity index is 294. The number of rotatable bonds is 4. The van der Waals surface area contributed by atoms with Crippen molar-refractivity contribution in [1.29, 1.82) is 0 Å². The molecule has 0 spiro atoms. The van der Waals surface area contributed by atoms with Crippen LogP contribution < -0.4 is 0 Å². The van der Waals surface area contributed by atoms with E-state index in [1.165, 1.54) is 0 Å². The Morgan fingerprint density at radius 3 is 2.42 bits per heavy atom. The molecule has 112 valence electrons. The smallest absolute Gasteiger partial charge is 0.410 e. The Balaban J connectivity index is 2.51. The average Bonchev–Trinajstić information content (AvgIpc) is 2.77. The first-order valence-corrected chi connectivity index (χ1v) is 7.44. The van der Waals surface area contributed by atoms with Crippen molar-refractivity contribution >= 4 is 6.09 Å². The minimum atomic E-state index is -0.455. The quantitative estimate of drug-likeness (QED) is 0.855. The fraction of sp³-hybridized carbons (Fsp3) is 0.933. The molecule has 0 aromatic heterocycles. The summed E-state index contributed by atoms with van der Waals surface area (Å²) in [5.41, 5.74) is -0.455. The maximum absolute atomic E-state index is 12.0. The van der Waals surface area contributed by atoms with Crippen LogP contribution in [0.5, 0.6) is 0 Å². The highest BCUT2D eigenvalue weighted by Gasteiger charge is 2.35. The van der Waals surface area contributed by atoms with Gasteiger partial charge in [0.05, 0.1) is 6.10 Å². The number of hydrogen-bond acceptors (Lipinski definition) is 3. The monoisotopic (exact) mass is 271 g/mol. The second kappa shape index (κ2) is 6.60. The predicted octanol–water partition coefficient (Wildman–Crippen LogP) is 3.04. The third-order valence-corrected chi connectivity index (χ3v) is 3.89. The molecule has 1 aliphatic heterocycles. The Kier molecular flexibility index (Phi) is 5.65. The molecule has 1 aliphatic rings. The van der Waals surface area contributed by atoms with E-state index >= 15 is 0 Å². The Labute approximate surface area is 117 Å². The summed E-state index contributed by atoms with van der Waals surface area (Å²) in [7, 11) is 0. The van der Waals surface area contributed by atoms with Crippen molar-refractivity contribution in [3.63, 3.8) is 0 Å². The van der Waals surface area contributed by atoms with Gasteiger partial charge in [-0.05, 0) is 33.1 Å². The van der Waals surface area contributed by atoms with E-state index in [0.29, 0.717) is 19.0 Å². The molecule has 0 aliphatic carbocycles. The van der Waals surface area contributed by atoms with E-state index in [1.54, 1.807) is 4.90 Å². The van der Waals surface area contributed by atoms with Gasteiger partial charge in [-0.25, -0.2) is 4.79 Å². The van der Waals surface area contributed by atoms with Gasteiger partial charge in [0.15, 0.2) is 0 Å². The number of ether oxygens (including phenoxy) is 1. The van der Waals surface area contributed by atoms with E-state index in [9.17, 15) is 9.90 Å². The number of aliphatic hydroxyl groups excluding tert-OH is 1. The molecule has 19 heavy (non-hydrogen) atoms. The zero-order valence-corrected chi connectivity index (χ0v) is 13.0. The molecular weight excluding hydrogens is 242 g/mol. The van der Waals surface area contributed by atoms with Crippen molar-refractivity contribution in [2.75, 3.05) is 13.1 Å². The van der Waals surface area contributed by atoms with Crippen LogP contribution in [0.4, 0.5) is 4.79 Å². The van der Waals surface area contributed by atoms with Crippen LogP contribution in [0.2, 0.25) is 0 Å². The normalized spacial score (nSPS) is 21.8. The van der Waals surface area contributed by atoms with E-state index in [4.69, 9.17) is 4.74 Å². The van der Waals surface area contributed by atoms with E-state index in [2.05, 4.69) is 13.8 Å². The molecule has 4 heteroatoms. The minimum absolute atomic E-state index is 0.192. The molecule has 1 fully saturated rings. The molecule has 1 N–H and O–H groups in total. The lowest BCUT2D eigenvalue weighted by Gasteiger charge is -2.27. The van der Waals surface area contributed by atoms with Crippen molar-refractivity contribution < 1.29 is 14.6 Å². The first-order valence-electron chi connectivity index (χ1n) is 7.44. The van der Waals surface area contributed by atoms with Gasteiger partial charge in [0, 0.05) is 19.0 Å². The number of nitrogens with zero attached hydrogens (tertiary/aromatic N) is 1. The number of amides is 1. The average molecular weight is 271 g/mol. The van der Waals surface area contributed by atoms with Gasteiger partial charge in [0.2, 0.25) is 0 Å². The van der Waals surface area contributed by atoms with E-state index in [-0.39, 0.29) is 18.1 Å². The molecule has 2 atom stereocenters. The van der Waals surface area contributed by atoms with Gasteiger partial charge < -0.3 is 14.7 Å². The highest BCUT2D eigenvalue weighted by molar-refractivity contribution is 5.68. The lowest BCUT2D eigenvalue weighted by atomic mass is 9.87. The van der Waals surface area contributed by atoms with E-state index in [1.807, 2.05) is 20.8 Å². The highest BCUT2D eigenvalue weighted by atomic mass is 16.6. The van der Waals surface area contributed by atoms with Crippen LogP contribution in [0.3, 0.4) is 0 Å². The third kappa shape index (κ3) is 4.68. The van der Waals surface area contributed by atoms with Crippen LogP contribution in [-0.2, 0) is 4.74 Å². The Hall–Kier alpha value is -0.770. The van der Waals surface area contributed by atoms with Gasteiger partial charge in [-0.3, -0.25) is 0 Å². The summed E-state index contributed by atoms with van der Waals surface area (Å²) >= 11 is 0. The van der Waals surface area contributed by atoms with Crippen LogP contribution in [-0.4, -0.2) is 40.9 Å². The standard InChI is InChI=1S/C15H29NO3/c1-6-11(7-2)13(17)12-8-9-16(10-12)14(18)19-15(3,4)5/h11-13,17H,6-10H2,1-5H3/t12?,13-/m1/s1. The van der Waals surface area contributed by atoms with E-state index in [0.717, 1.165) is 19.3 Å². The summed E-state index contributed by atoms with van der Waals surface area (Å²) in [4.78, 5) is 13.7. The second-order valence-corrected chi connectivity index (χ2v) is 6.54. The molecule has 1 amide bonds. The van der Waals surface area contributed by atoms with Crippen LogP contribution in [0.1, 0.15) is 53.9 Å². The van der Waals surface area contributed by atoms with Gasteiger partial charge in [-0.15, -0.1) is 0 Å². The lowest BCUT2D eigenvalue weighted by molar-refractivity contribution is 0.0225. The lowest BCUT2D eigenvalue weighted by Crippen LogP contribution is -2.37. The summed E-state index contributed by atoms with van der Waals surface area (Å²) in [6, 6.07) is 0. The van der Waals surface area contributed by atoms with Gasteiger partial charge >= 0.3 is 6.09 Å². The molecule has 0 aromatic carbocycles. The highest BCUT2D eigenvalue weighted by Crippen LogP contribution is 2.28. The molecule has 1 unspecified atom stereocenters. The van der Waals surface area contributed by atoms with Crippen LogP contribution in [0.15, 0.2) is 0 Å². The topological polar surface area (TPSA) is 49.8 Å². The SMILES string of the molecule is CCC(CC)[C@@H](O)C1CCN(C(=O)OC(C)(C)C)C1. The number of carbonyl (C=O) groups excluding carboxylic acids is 1. The zero-order valence-electron chi connectivity index (χ0n) is 13.0. The molecule has 0 saturated carbocycles. The number of hydrogen-bond donors (Lipinski definition) is 1. The Morgan fingerprint density at radius 2 is 1.95 bits per heavy atom. The summed E-state index contributed by atoms with van der Waals surface area (Å²) in [5.74, 6) is 0.529. The van der Waals surface area contributed by atoms with Crippen molar-refractivity contribution in [2.24, 2.45) is 11.8 Å². The van der Waals surface area contributed by atoms with Crippen molar-refractivity contribution in [3.05, 3.63) is 0 Å². The van der Waals surface area contributed by atoms with Gasteiger partial charge in [0.1, 0.15) is 5.60 Å². The van der Waals surface area contributed by atoms with E-state index < -0.39 is 5.60 Å². The van der Waals surface area contributed by atoms with Crippen molar-refractivity contribution in [3.8, 4) is 0 Å². The van der Waals surface area contributed by atoms with Crippen LogP contribution in [0, 0.1) is 11.8 Å². The molecule has 0 aromatic rings. The number of carbonyl (C=O) groups is 1. The molecular formula is C15H29NO3. The first kappa shape index (κ1) is 16.3. The molecule has 1 rings (SSSR count). The fourth-order valence-corrected chi connectivity index (χ4v) is 2.71. The molecule has 0 radical (unpaired) electrons. The fourth-order valence-electron chi connectivity index (χ4n) is 2.71. The van der Waals surface area contributed by atoms with Gasteiger partial charge in [-0.2, -0.15) is 0 Å². The number of likely N-dealkylation sites (tertiary alicyclic amines) is 1. The third-order valence-electron chi connectivity index (χ3n) is 3.89. The second-order valence-electron chi connectivity index (χ2n) is 6.54. The summed E-state index contributed by atoms with van der Waals surface area (Å²) in [6.45, 7) is 11.1. The Morgan fingerprint density at radius 1 is 1.37 bits per heavy atom. The first-order chi connectivity index (χ1) is 8.78. The predicted molar refractivity (Wildman–Crippen MR) is 76.0 cm³/mol. The summed E-state index contributed by atoms with van der Waals surface area (Å²) in [5, 5.41) is 10.4. The summed E-state index contributed by atoms with van der Waals surface area (Å²) < 4.78 is 5.37. The molecule has 1 saturated heterocycles. The van der Waals surface area contributed by atoms with Crippen molar-refractivity contribution in [2.45, 2.75) is 65.6 Å². The largest absolute Gasteiger partial charge is 0.444 e. The van der Waals surface area contributed by atoms with Gasteiger partial charge in [0.25, 0.3) is 0 Å². The van der Waals surface area contributed by atoms with Crippen LogP contribution in [0.25, 0.3) is 0 Å². The summed E-state index contributed by atoms with van der Waals surface area (Å²) in [6.07, 6.45) is 2.28.